The number of benzene rings is 2. The predicted molar refractivity (Wildman–Crippen MR) is 205 cm³/mol. The van der Waals surface area contributed by atoms with E-state index in [4.69, 9.17) is 4.74 Å². The van der Waals surface area contributed by atoms with Gasteiger partial charge in [-0.05, 0) is 88.1 Å². The molecule has 2 aromatic carbocycles. The topological polar surface area (TPSA) is 166 Å². The fourth-order valence-electron chi connectivity index (χ4n) is 7.18. The molecule has 1 heterocycles. The molecule has 13 nitrogen and oxygen atoms in total. The first-order valence-electron chi connectivity index (χ1n) is 18.7. The molecule has 54 heavy (non-hydrogen) atoms. The molecule has 0 radical (unpaired) electrons. The number of likely N-dealkylation sites (tertiary alicyclic amines) is 1. The van der Waals surface area contributed by atoms with Crippen molar-refractivity contribution in [1.29, 1.82) is 0 Å². The Hall–Kier alpha value is -5.04. The molecule has 0 spiro atoms. The first-order valence-corrected chi connectivity index (χ1v) is 18.7. The molecule has 13 heteroatoms. The minimum atomic E-state index is -1.12. The van der Waals surface area contributed by atoms with Gasteiger partial charge < -0.3 is 35.8 Å². The van der Waals surface area contributed by atoms with Gasteiger partial charge in [-0.2, -0.15) is 0 Å². The Labute approximate surface area is 318 Å². The van der Waals surface area contributed by atoms with Crippen LogP contribution < -0.4 is 21.3 Å². The first kappa shape index (κ1) is 41.7. The van der Waals surface area contributed by atoms with Crippen LogP contribution in [0.2, 0.25) is 0 Å². The summed E-state index contributed by atoms with van der Waals surface area (Å²) in [5.41, 5.74) is 1.79. The number of amides is 5. The number of hydrogen-bond acceptors (Lipinski definition) is 8. The number of nitrogens with one attached hydrogen (secondary N) is 4. The van der Waals surface area contributed by atoms with Crippen LogP contribution >= 0.6 is 0 Å². The van der Waals surface area contributed by atoms with Gasteiger partial charge in [0.2, 0.25) is 17.7 Å². The maximum absolute atomic E-state index is 14.5. The van der Waals surface area contributed by atoms with Gasteiger partial charge in [0.25, 0.3) is 11.7 Å². The summed E-state index contributed by atoms with van der Waals surface area (Å²) >= 11 is 0. The number of hydrogen-bond donors (Lipinski definition) is 4. The molecule has 4 N–H and O–H groups in total. The Morgan fingerprint density at radius 1 is 0.944 bits per heavy atom. The Balaban J connectivity index is 1.43. The number of rotatable bonds is 15. The Morgan fingerprint density at radius 3 is 2.13 bits per heavy atom. The van der Waals surface area contributed by atoms with Gasteiger partial charge in [-0.3, -0.25) is 24.0 Å². The summed E-state index contributed by atoms with van der Waals surface area (Å²) < 4.78 is 5.53. The standard InChI is InChI=1S/C41H56N6O7/c1-9-46(8)24-32(27-15-11-10-12-16-27)44-33(48)23-42-38(51)36(49)26(4)43-37(50)35-31(25(2)3)19-20-47(35)39(52)34(45-40(53)54-41(5,6)7)30-21-28-17-13-14-18-29(28)22-30/h10-18,25,30-32,34-35H,4,9,19-24H2,1-3,5-8H3,(H,42,51)(H,43,50)(H,44,48)(H,45,53)/t31-,32-,34?,35+/m1/s1. The number of likely N-dealkylation sites (N-methyl/N-ethyl adjacent to an activating group) is 1. The zero-order valence-electron chi connectivity index (χ0n) is 32.6. The largest absolute Gasteiger partial charge is 0.444 e. The van der Waals surface area contributed by atoms with E-state index in [1.807, 2.05) is 87.3 Å². The van der Waals surface area contributed by atoms with Crippen LogP contribution in [0.3, 0.4) is 0 Å². The normalized spacial score (nSPS) is 18.1. The molecule has 4 rings (SSSR count). The zero-order valence-corrected chi connectivity index (χ0v) is 32.6. The van der Waals surface area contributed by atoms with E-state index < -0.39 is 65.4 Å². The molecule has 1 fully saturated rings. The molecule has 1 saturated heterocycles. The molecule has 0 bridgehead atoms. The van der Waals surface area contributed by atoms with E-state index in [0.29, 0.717) is 25.8 Å². The summed E-state index contributed by atoms with van der Waals surface area (Å²) in [4.78, 5) is 83.8. The Morgan fingerprint density at radius 2 is 1.56 bits per heavy atom. The van der Waals surface area contributed by atoms with Crippen LogP contribution in [0, 0.1) is 17.8 Å². The summed E-state index contributed by atoms with van der Waals surface area (Å²) in [6.45, 7) is 15.8. The second-order valence-corrected chi connectivity index (χ2v) is 15.6. The van der Waals surface area contributed by atoms with Gasteiger partial charge in [-0.25, -0.2) is 4.79 Å². The van der Waals surface area contributed by atoms with E-state index in [1.54, 1.807) is 20.8 Å². The van der Waals surface area contributed by atoms with Crippen molar-refractivity contribution in [2.45, 2.75) is 84.5 Å². The molecule has 0 saturated carbocycles. The highest BCUT2D eigenvalue weighted by molar-refractivity contribution is 6.43. The molecular formula is C41H56N6O7. The van der Waals surface area contributed by atoms with Crippen LogP contribution in [-0.2, 0) is 41.6 Å². The molecule has 292 valence electrons. The van der Waals surface area contributed by atoms with Crippen molar-refractivity contribution in [2.75, 3.05) is 33.2 Å². The van der Waals surface area contributed by atoms with E-state index >= 15 is 0 Å². The number of alkyl carbamates (subject to hydrolysis) is 1. The molecule has 4 atom stereocenters. The maximum atomic E-state index is 14.5. The number of carbonyl (C=O) groups is 6. The third-order valence-electron chi connectivity index (χ3n) is 10.1. The third-order valence-corrected chi connectivity index (χ3v) is 10.1. The van der Waals surface area contributed by atoms with Crippen LogP contribution in [0.4, 0.5) is 4.79 Å². The van der Waals surface area contributed by atoms with Crippen molar-refractivity contribution >= 4 is 35.5 Å². The van der Waals surface area contributed by atoms with Gasteiger partial charge in [0.05, 0.1) is 18.3 Å². The number of ether oxygens (including phenoxy) is 1. The molecule has 1 unspecified atom stereocenters. The molecule has 1 aliphatic carbocycles. The number of carbonyl (C=O) groups excluding carboxylic acids is 6. The number of Topliss-reactive ketones (excluding diaryl/α,β-unsaturated/α-hetero) is 1. The van der Waals surface area contributed by atoms with Crippen LogP contribution in [0.5, 0.6) is 0 Å². The second kappa shape index (κ2) is 18.3. The van der Waals surface area contributed by atoms with Gasteiger partial charge in [-0.15, -0.1) is 0 Å². The Bertz CT molecular complexity index is 1680. The van der Waals surface area contributed by atoms with Crippen molar-refractivity contribution in [1.82, 2.24) is 31.1 Å². The average molecular weight is 745 g/mol. The fourth-order valence-corrected chi connectivity index (χ4v) is 7.18. The summed E-state index contributed by atoms with van der Waals surface area (Å²) in [5, 5.41) is 10.5. The van der Waals surface area contributed by atoms with E-state index in [1.165, 1.54) is 4.90 Å². The minimum Gasteiger partial charge on any atom is -0.444 e. The Kier molecular flexibility index (Phi) is 14.2. The molecule has 1 aliphatic heterocycles. The zero-order chi connectivity index (χ0) is 39.7. The lowest BCUT2D eigenvalue weighted by Crippen LogP contribution is -2.58. The van der Waals surface area contributed by atoms with E-state index in [9.17, 15) is 28.8 Å². The monoisotopic (exact) mass is 744 g/mol. The van der Waals surface area contributed by atoms with Crippen LogP contribution in [-0.4, -0.2) is 96.2 Å². The average Bonchev–Trinajstić information content (AvgIpc) is 3.77. The van der Waals surface area contributed by atoms with Crippen molar-refractivity contribution in [3.63, 3.8) is 0 Å². The maximum Gasteiger partial charge on any atom is 0.408 e. The summed E-state index contributed by atoms with van der Waals surface area (Å²) in [5.74, 6) is -4.40. The molecule has 2 aromatic rings. The van der Waals surface area contributed by atoms with Gasteiger partial charge in [-0.1, -0.05) is 81.9 Å². The van der Waals surface area contributed by atoms with Crippen molar-refractivity contribution < 1.29 is 33.5 Å². The van der Waals surface area contributed by atoms with Crippen molar-refractivity contribution in [3.8, 4) is 0 Å². The van der Waals surface area contributed by atoms with Crippen LogP contribution in [0.1, 0.15) is 70.7 Å². The van der Waals surface area contributed by atoms with Gasteiger partial charge in [0.15, 0.2) is 0 Å². The third kappa shape index (κ3) is 11.0. The number of nitrogens with zero attached hydrogens (tertiary/aromatic N) is 2. The molecule has 2 aliphatic rings. The fraction of sp³-hybridized carbons (Fsp3) is 0.512. The SMILES string of the molecule is C=C(NC(=O)[C@@H]1[C@@H](C(C)C)CCN1C(=O)C(NC(=O)OC(C)(C)C)C1Cc2ccccc2C1)C(=O)C(=O)NCC(=O)N[C@H](CN(C)CC)c1ccccc1. The van der Waals surface area contributed by atoms with Gasteiger partial charge in [0, 0.05) is 13.1 Å². The highest BCUT2D eigenvalue weighted by Crippen LogP contribution is 2.35. The van der Waals surface area contributed by atoms with E-state index in [2.05, 4.69) is 27.8 Å². The highest BCUT2D eigenvalue weighted by Gasteiger charge is 2.47. The molecule has 0 aromatic heterocycles. The van der Waals surface area contributed by atoms with E-state index in [-0.39, 0.29) is 30.3 Å². The summed E-state index contributed by atoms with van der Waals surface area (Å²) in [7, 11) is 1.93. The second-order valence-electron chi connectivity index (χ2n) is 15.6. The van der Waals surface area contributed by atoms with Crippen molar-refractivity contribution in [3.05, 3.63) is 83.6 Å². The lowest BCUT2D eigenvalue weighted by atomic mass is 9.87. The summed E-state index contributed by atoms with van der Waals surface area (Å²) in [6.07, 6.45) is 0.892. The molecular weight excluding hydrogens is 688 g/mol. The quantitative estimate of drug-likeness (QED) is 0.159. The molecule has 5 amide bonds. The lowest BCUT2D eigenvalue weighted by Gasteiger charge is -2.34. The summed E-state index contributed by atoms with van der Waals surface area (Å²) in [6, 6.07) is 15.0. The number of ketones is 1. The predicted octanol–water partition coefficient (Wildman–Crippen LogP) is 3.29. The van der Waals surface area contributed by atoms with Crippen LogP contribution in [0.15, 0.2) is 66.9 Å². The van der Waals surface area contributed by atoms with E-state index in [0.717, 1.165) is 23.2 Å². The van der Waals surface area contributed by atoms with Gasteiger partial charge in [0.1, 0.15) is 17.7 Å². The first-order chi connectivity index (χ1) is 25.5. The minimum absolute atomic E-state index is 0.0193. The van der Waals surface area contributed by atoms with Gasteiger partial charge >= 0.3 is 6.09 Å². The van der Waals surface area contributed by atoms with Crippen LogP contribution in [0.25, 0.3) is 0 Å². The highest BCUT2D eigenvalue weighted by atomic mass is 16.6. The van der Waals surface area contributed by atoms with Crippen molar-refractivity contribution in [2.24, 2.45) is 17.8 Å². The smallest absolute Gasteiger partial charge is 0.408 e. The lowest BCUT2D eigenvalue weighted by molar-refractivity contribution is -0.142. The number of fused-ring (bicyclic) bond motifs is 1.